The number of nitrogens with zero attached hydrogens (tertiary/aromatic N) is 3. The Hall–Kier alpha value is -3.38. The number of amides is 2. The number of hydrogen-bond acceptors (Lipinski definition) is 4. The summed E-state index contributed by atoms with van der Waals surface area (Å²) < 4.78 is 5.22. The molecule has 2 amide bonds. The van der Waals surface area contributed by atoms with E-state index in [1.54, 1.807) is 37.6 Å². The Morgan fingerprint density at radius 2 is 1.84 bits per heavy atom. The number of hydrogen-bond donors (Lipinski definition) is 0. The summed E-state index contributed by atoms with van der Waals surface area (Å²) >= 11 is 6.15. The zero-order valence-electron chi connectivity index (χ0n) is 17.6. The van der Waals surface area contributed by atoms with Gasteiger partial charge in [0.05, 0.1) is 24.8 Å². The molecule has 0 radical (unpaired) electrons. The Morgan fingerprint density at radius 1 is 1.09 bits per heavy atom. The molecule has 162 valence electrons. The van der Waals surface area contributed by atoms with Gasteiger partial charge in [0.2, 0.25) is 5.91 Å². The number of carbonyl (C=O) groups is 2. The lowest BCUT2D eigenvalue weighted by atomic mass is 9.86. The number of aromatic nitrogens is 1. The van der Waals surface area contributed by atoms with Gasteiger partial charge in [0, 0.05) is 30.7 Å². The number of fused-ring (bicyclic) bond motifs is 2. The van der Waals surface area contributed by atoms with E-state index in [0.29, 0.717) is 35.8 Å². The van der Waals surface area contributed by atoms with Crippen molar-refractivity contribution in [2.45, 2.75) is 18.5 Å². The Bertz CT molecular complexity index is 1180. The molecular weight excluding hydrogens is 426 g/mol. The molecule has 7 heteroatoms. The summed E-state index contributed by atoms with van der Waals surface area (Å²) in [4.78, 5) is 35.2. The molecule has 6 nitrogen and oxygen atoms in total. The average Bonchev–Trinajstić information content (AvgIpc) is 3.21. The van der Waals surface area contributed by atoms with Crippen molar-refractivity contribution >= 4 is 23.4 Å². The molecule has 0 bridgehead atoms. The highest BCUT2D eigenvalue weighted by molar-refractivity contribution is 6.30. The van der Waals surface area contributed by atoms with Crippen LogP contribution in [0.15, 0.2) is 66.9 Å². The number of pyridine rings is 1. The maximum atomic E-state index is 13.6. The first kappa shape index (κ1) is 20.5. The molecule has 32 heavy (non-hydrogen) atoms. The van der Waals surface area contributed by atoms with Crippen molar-refractivity contribution in [2.24, 2.45) is 0 Å². The molecule has 2 aliphatic heterocycles. The summed E-state index contributed by atoms with van der Waals surface area (Å²) in [5.41, 5.74) is 2.12. The van der Waals surface area contributed by atoms with Gasteiger partial charge < -0.3 is 14.5 Å². The highest BCUT2D eigenvalue weighted by Gasteiger charge is 2.55. The molecule has 1 aromatic heterocycles. The number of benzene rings is 2. The lowest BCUT2D eigenvalue weighted by Crippen LogP contribution is -2.58. The Labute approximate surface area is 191 Å². The van der Waals surface area contributed by atoms with Gasteiger partial charge >= 0.3 is 0 Å². The molecule has 0 N–H and O–H groups in total. The molecular formula is C25H22ClN3O3. The van der Waals surface area contributed by atoms with Crippen LogP contribution in [-0.4, -0.2) is 46.8 Å². The number of carbonyl (C=O) groups excluding carboxylic acids is 2. The Morgan fingerprint density at radius 3 is 2.56 bits per heavy atom. The first-order valence-corrected chi connectivity index (χ1v) is 10.9. The van der Waals surface area contributed by atoms with Crippen molar-refractivity contribution in [3.63, 3.8) is 0 Å². The highest BCUT2D eigenvalue weighted by atomic mass is 35.5. The first-order chi connectivity index (χ1) is 15.5. The fourth-order valence-electron chi connectivity index (χ4n) is 4.80. The zero-order valence-corrected chi connectivity index (χ0v) is 18.4. The van der Waals surface area contributed by atoms with E-state index in [1.807, 2.05) is 46.2 Å². The van der Waals surface area contributed by atoms with Gasteiger partial charge in [-0.25, -0.2) is 0 Å². The molecule has 3 aromatic rings. The van der Waals surface area contributed by atoms with Gasteiger partial charge in [0.15, 0.2) is 0 Å². The molecule has 5 rings (SSSR count). The van der Waals surface area contributed by atoms with Crippen molar-refractivity contribution in [3.8, 4) is 5.75 Å². The summed E-state index contributed by atoms with van der Waals surface area (Å²) in [6.45, 7) is 0.918. The van der Waals surface area contributed by atoms with Crippen LogP contribution < -0.4 is 4.74 Å². The van der Waals surface area contributed by atoms with E-state index in [4.69, 9.17) is 16.3 Å². The van der Waals surface area contributed by atoms with Crippen LogP contribution >= 0.6 is 11.6 Å². The fraction of sp³-hybridized carbons (Fsp3) is 0.240. The summed E-state index contributed by atoms with van der Waals surface area (Å²) in [5.74, 6) is 0.598. The monoisotopic (exact) mass is 447 g/mol. The van der Waals surface area contributed by atoms with Crippen LogP contribution in [0.5, 0.6) is 5.75 Å². The fourth-order valence-corrected chi connectivity index (χ4v) is 4.93. The van der Waals surface area contributed by atoms with Crippen LogP contribution in [0.2, 0.25) is 5.02 Å². The smallest absolute Gasteiger partial charge is 0.257 e. The quantitative estimate of drug-likeness (QED) is 0.612. The molecule has 2 aromatic carbocycles. The van der Waals surface area contributed by atoms with E-state index in [2.05, 4.69) is 4.98 Å². The molecule has 1 atom stereocenters. The second-order valence-electron chi connectivity index (χ2n) is 8.02. The minimum absolute atomic E-state index is 0.0419. The Balaban J connectivity index is 1.57. The van der Waals surface area contributed by atoms with Crippen molar-refractivity contribution in [1.29, 1.82) is 0 Å². The summed E-state index contributed by atoms with van der Waals surface area (Å²) in [6.07, 6.45) is 2.36. The third kappa shape index (κ3) is 3.22. The number of halogens is 1. The van der Waals surface area contributed by atoms with E-state index in [9.17, 15) is 9.59 Å². The molecule has 0 spiro atoms. The van der Waals surface area contributed by atoms with Crippen LogP contribution in [0, 0.1) is 0 Å². The molecule has 1 saturated heterocycles. The summed E-state index contributed by atoms with van der Waals surface area (Å²) in [7, 11) is 1.61. The van der Waals surface area contributed by atoms with Crippen LogP contribution in [-0.2, 0) is 23.3 Å². The van der Waals surface area contributed by atoms with Crippen LogP contribution in [0.25, 0.3) is 0 Å². The lowest BCUT2D eigenvalue weighted by Gasteiger charge is -2.47. The van der Waals surface area contributed by atoms with Gasteiger partial charge in [-0.15, -0.1) is 0 Å². The van der Waals surface area contributed by atoms with E-state index < -0.39 is 5.66 Å². The standard InChI is InChI=1S/C25H22ClN3O3/c1-32-20-10-4-17(5-11-20)15-23(30)28-13-14-29-24(31)21-3-2-12-27-22(21)16-25(28,29)18-6-8-19(26)9-7-18/h2-12H,13-16H2,1H3/t25-/m1/s1. The van der Waals surface area contributed by atoms with Crippen molar-refractivity contribution < 1.29 is 14.3 Å². The zero-order chi connectivity index (χ0) is 22.3. The van der Waals surface area contributed by atoms with Gasteiger partial charge in [-0.05, 0) is 47.5 Å². The third-order valence-electron chi connectivity index (χ3n) is 6.34. The minimum Gasteiger partial charge on any atom is -0.497 e. The Kier molecular flexibility index (Phi) is 5.10. The van der Waals surface area contributed by atoms with Crippen molar-refractivity contribution in [2.75, 3.05) is 20.2 Å². The topological polar surface area (TPSA) is 62.7 Å². The van der Waals surface area contributed by atoms with E-state index in [1.165, 1.54) is 0 Å². The number of ether oxygens (including phenoxy) is 1. The third-order valence-corrected chi connectivity index (χ3v) is 6.59. The molecule has 0 unspecified atom stereocenters. The van der Waals surface area contributed by atoms with Crippen LogP contribution in [0.4, 0.5) is 0 Å². The molecule has 0 saturated carbocycles. The first-order valence-electron chi connectivity index (χ1n) is 10.5. The van der Waals surface area contributed by atoms with Crippen molar-refractivity contribution in [1.82, 2.24) is 14.8 Å². The summed E-state index contributed by atoms with van der Waals surface area (Å²) in [5, 5.41) is 0.603. The van der Waals surface area contributed by atoms with Crippen molar-refractivity contribution in [3.05, 3.63) is 94.3 Å². The normalized spacial score (nSPS) is 19.5. The van der Waals surface area contributed by atoms with Gasteiger partial charge in [0.25, 0.3) is 5.91 Å². The summed E-state index contributed by atoms with van der Waals surface area (Å²) in [6, 6.07) is 18.4. The van der Waals surface area contributed by atoms with E-state index >= 15 is 0 Å². The predicted molar refractivity (Wildman–Crippen MR) is 121 cm³/mol. The second kappa shape index (κ2) is 7.95. The van der Waals surface area contributed by atoms with Crippen LogP contribution in [0.3, 0.4) is 0 Å². The average molecular weight is 448 g/mol. The van der Waals surface area contributed by atoms with Gasteiger partial charge in [-0.1, -0.05) is 35.9 Å². The van der Waals surface area contributed by atoms with E-state index in [0.717, 1.165) is 16.9 Å². The molecule has 2 aliphatic rings. The second-order valence-corrected chi connectivity index (χ2v) is 8.46. The van der Waals surface area contributed by atoms with Gasteiger partial charge in [0.1, 0.15) is 11.4 Å². The lowest BCUT2D eigenvalue weighted by molar-refractivity contribution is -0.138. The molecule has 1 fully saturated rings. The van der Waals surface area contributed by atoms with Gasteiger partial charge in [-0.3, -0.25) is 14.6 Å². The van der Waals surface area contributed by atoms with Gasteiger partial charge in [-0.2, -0.15) is 0 Å². The molecule has 3 heterocycles. The largest absolute Gasteiger partial charge is 0.497 e. The van der Waals surface area contributed by atoms with Crippen LogP contribution in [0.1, 0.15) is 27.2 Å². The highest BCUT2D eigenvalue weighted by Crippen LogP contribution is 2.44. The maximum absolute atomic E-state index is 13.6. The SMILES string of the molecule is COc1ccc(CC(=O)N2CCN3C(=O)c4cccnc4C[C@@]23c2ccc(Cl)cc2)cc1. The maximum Gasteiger partial charge on any atom is 0.257 e. The predicted octanol–water partition coefficient (Wildman–Crippen LogP) is 3.68. The molecule has 0 aliphatic carbocycles. The van der Waals surface area contributed by atoms with E-state index in [-0.39, 0.29) is 18.2 Å². The number of methoxy groups -OCH3 is 1. The number of rotatable bonds is 4. The minimum atomic E-state index is -0.924.